The van der Waals surface area contributed by atoms with Gasteiger partial charge in [-0.3, -0.25) is 0 Å². The zero-order valence-corrected chi connectivity index (χ0v) is 11.8. The number of nitrogens with zero attached hydrogens (tertiary/aromatic N) is 1. The van der Waals surface area contributed by atoms with E-state index in [0.717, 1.165) is 38.2 Å². The van der Waals surface area contributed by atoms with E-state index in [4.69, 9.17) is 10.5 Å². The normalized spacial score (nSPS) is 22.7. The van der Waals surface area contributed by atoms with Crippen LogP contribution in [0.1, 0.15) is 37.7 Å². The number of nitrogen functional groups attached to an aromatic ring is 1. The molecular formula is C16H24N2O. The van der Waals surface area contributed by atoms with Gasteiger partial charge in [0, 0.05) is 31.1 Å². The molecule has 1 aromatic carbocycles. The number of nitrogens with two attached hydrogens (primary N) is 1. The lowest BCUT2D eigenvalue weighted by atomic mass is 9.84. The number of hydrogen-bond acceptors (Lipinski definition) is 3. The predicted octanol–water partition coefficient (Wildman–Crippen LogP) is 3.12. The third kappa shape index (κ3) is 2.57. The van der Waals surface area contributed by atoms with Gasteiger partial charge in [-0.1, -0.05) is 0 Å². The third-order valence-electron chi connectivity index (χ3n) is 4.67. The molecule has 2 aliphatic rings. The number of piperidine rings is 1. The van der Waals surface area contributed by atoms with E-state index in [0.29, 0.717) is 0 Å². The van der Waals surface area contributed by atoms with E-state index in [9.17, 15) is 0 Å². The van der Waals surface area contributed by atoms with Crippen LogP contribution < -0.4 is 10.6 Å². The SMILES string of the molecule is Cc1cc(N)ccc1N1CCC2(CCCCO2)CC1. The Morgan fingerprint density at radius 3 is 2.58 bits per heavy atom. The minimum Gasteiger partial charge on any atom is -0.399 e. The minimum atomic E-state index is 0.191. The fraction of sp³-hybridized carbons (Fsp3) is 0.625. The van der Waals surface area contributed by atoms with E-state index in [1.165, 1.54) is 30.5 Å². The van der Waals surface area contributed by atoms with Gasteiger partial charge in [0.25, 0.3) is 0 Å². The van der Waals surface area contributed by atoms with Crippen LogP contribution in [0.2, 0.25) is 0 Å². The molecule has 1 spiro atoms. The fourth-order valence-electron chi connectivity index (χ4n) is 3.49. The Kier molecular flexibility index (Phi) is 3.40. The van der Waals surface area contributed by atoms with E-state index >= 15 is 0 Å². The van der Waals surface area contributed by atoms with Crippen molar-refractivity contribution in [2.75, 3.05) is 30.3 Å². The first-order valence-electron chi connectivity index (χ1n) is 7.44. The molecule has 2 fully saturated rings. The van der Waals surface area contributed by atoms with Gasteiger partial charge in [0.2, 0.25) is 0 Å². The van der Waals surface area contributed by atoms with Gasteiger partial charge in [0.1, 0.15) is 0 Å². The van der Waals surface area contributed by atoms with Crippen molar-refractivity contribution in [2.45, 2.75) is 44.6 Å². The molecule has 0 unspecified atom stereocenters. The van der Waals surface area contributed by atoms with Crippen molar-refractivity contribution in [2.24, 2.45) is 0 Å². The molecule has 19 heavy (non-hydrogen) atoms. The third-order valence-corrected chi connectivity index (χ3v) is 4.67. The Hall–Kier alpha value is -1.22. The molecule has 2 N–H and O–H groups in total. The Balaban J connectivity index is 1.69. The predicted molar refractivity (Wildman–Crippen MR) is 79.6 cm³/mol. The average Bonchev–Trinajstić information content (AvgIpc) is 2.41. The van der Waals surface area contributed by atoms with Crippen molar-refractivity contribution in [1.29, 1.82) is 0 Å². The minimum absolute atomic E-state index is 0.191. The van der Waals surface area contributed by atoms with Crippen LogP contribution >= 0.6 is 0 Å². The molecule has 0 aromatic heterocycles. The van der Waals surface area contributed by atoms with Crippen molar-refractivity contribution >= 4 is 11.4 Å². The molecule has 0 bridgehead atoms. The number of benzene rings is 1. The summed E-state index contributed by atoms with van der Waals surface area (Å²) < 4.78 is 6.09. The lowest BCUT2D eigenvalue weighted by molar-refractivity contribution is -0.0920. The molecule has 1 aromatic rings. The van der Waals surface area contributed by atoms with Gasteiger partial charge in [0.15, 0.2) is 0 Å². The van der Waals surface area contributed by atoms with Crippen molar-refractivity contribution in [1.82, 2.24) is 0 Å². The summed E-state index contributed by atoms with van der Waals surface area (Å²) in [7, 11) is 0. The summed E-state index contributed by atoms with van der Waals surface area (Å²) in [5.41, 5.74) is 9.48. The monoisotopic (exact) mass is 260 g/mol. The summed E-state index contributed by atoms with van der Waals surface area (Å²) in [5.74, 6) is 0. The standard InChI is InChI=1S/C16H24N2O/c1-13-12-14(17)4-5-15(13)18-9-7-16(8-10-18)6-2-3-11-19-16/h4-5,12H,2-3,6-11,17H2,1H3. The highest BCUT2D eigenvalue weighted by Gasteiger charge is 2.36. The second-order valence-corrected chi connectivity index (χ2v) is 6.02. The zero-order valence-electron chi connectivity index (χ0n) is 11.8. The van der Waals surface area contributed by atoms with Crippen molar-refractivity contribution in [3.05, 3.63) is 23.8 Å². The molecule has 104 valence electrons. The van der Waals surface area contributed by atoms with Crippen molar-refractivity contribution in [3.63, 3.8) is 0 Å². The maximum absolute atomic E-state index is 6.09. The Labute approximate surface area is 115 Å². The van der Waals surface area contributed by atoms with E-state index in [2.05, 4.69) is 24.0 Å². The summed E-state index contributed by atoms with van der Waals surface area (Å²) in [6, 6.07) is 6.23. The molecule has 0 saturated carbocycles. The van der Waals surface area contributed by atoms with E-state index in [1.807, 2.05) is 6.07 Å². The number of rotatable bonds is 1. The van der Waals surface area contributed by atoms with Gasteiger partial charge in [-0.15, -0.1) is 0 Å². The lowest BCUT2D eigenvalue weighted by Gasteiger charge is -2.45. The summed E-state index contributed by atoms with van der Waals surface area (Å²) in [6.07, 6.45) is 6.15. The van der Waals surface area contributed by atoms with Crippen LogP contribution in [0.4, 0.5) is 11.4 Å². The highest BCUT2D eigenvalue weighted by atomic mass is 16.5. The van der Waals surface area contributed by atoms with Crippen LogP contribution in [-0.4, -0.2) is 25.3 Å². The second-order valence-electron chi connectivity index (χ2n) is 6.02. The molecule has 3 nitrogen and oxygen atoms in total. The first-order chi connectivity index (χ1) is 9.19. The smallest absolute Gasteiger partial charge is 0.0716 e. The molecule has 0 radical (unpaired) electrons. The van der Waals surface area contributed by atoms with E-state index in [1.54, 1.807) is 0 Å². The average molecular weight is 260 g/mol. The highest BCUT2D eigenvalue weighted by Crippen LogP contribution is 2.36. The molecule has 2 heterocycles. The van der Waals surface area contributed by atoms with E-state index in [-0.39, 0.29) is 5.60 Å². The van der Waals surface area contributed by atoms with Gasteiger partial charge in [0.05, 0.1) is 5.60 Å². The molecular weight excluding hydrogens is 236 g/mol. The van der Waals surface area contributed by atoms with E-state index < -0.39 is 0 Å². The van der Waals surface area contributed by atoms with Gasteiger partial charge in [-0.25, -0.2) is 0 Å². The zero-order chi connectivity index (χ0) is 13.3. The topological polar surface area (TPSA) is 38.5 Å². The molecule has 2 aliphatic heterocycles. The van der Waals surface area contributed by atoms with Gasteiger partial charge in [-0.2, -0.15) is 0 Å². The fourth-order valence-corrected chi connectivity index (χ4v) is 3.49. The molecule has 3 heteroatoms. The highest BCUT2D eigenvalue weighted by molar-refractivity contribution is 5.59. The molecule has 2 saturated heterocycles. The maximum atomic E-state index is 6.09. The Morgan fingerprint density at radius 2 is 1.95 bits per heavy atom. The second kappa shape index (κ2) is 5.04. The largest absolute Gasteiger partial charge is 0.399 e. The summed E-state index contributed by atoms with van der Waals surface area (Å²) in [6.45, 7) is 5.31. The summed E-state index contributed by atoms with van der Waals surface area (Å²) >= 11 is 0. The maximum Gasteiger partial charge on any atom is 0.0716 e. The molecule has 0 aliphatic carbocycles. The van der Waals surface area contributed by atoms with Crippen LogP contribution in [0.5, 0.6) is 0 Å². The van der Waals surface area contributed by atoms with Crippen LogP contribution in [0.3, 0.4) is 0 Å². The van der Waals surface area contributed by atoms with Crippen LogP contribution in [-0.2, 0) is 4.74 Å². The first kappa shape index (κ1) is 12.8. The Bertz CT molecular complexity index is 442. The number of anilines is 2. The number of hydrogen-bond donors (Lipinski definition) is 1. The van der Waals surface area contributed by atoms with Gasteiger partial charge >= 0.3 is 0 Å². The van der Waals surface area contributed by atoms with Crippen LogP contribution in [0, 0.1) is 6.92 Å². The van der Waals surface area contributed by atoms with Gasteiger partial charge in [-0.05, 0) is 62.8 Å². The molecule has 3 rings (SSSR count). The summed E-state index contributed by atoms with van der Waals surface area (Å²) in [5, 5.41) is 0. The van der Waals surface area contributed by atoms with Crippen LogP contribution in [0.25, 0.3) is 0 Å². The summed E-state index contributed by atoms with van der Waals surface area (Å²) in [4.78, 5) is 2.48. The number of aryl methyl sites for hydroxylation is 1. The lowest BCUT2D eigenvalue weighted by Crippen LogP contribution is -2.47. The molecule has 0 atom stereocenters. The number of ether oxygens (including phenoxy) is 1. The molecule has 0 amide bonds. The van der Waals surface area contributed by atoms with Gasteiger partial charge < -0.3 is 15.4 Å². The van der Waals surface area contributed by atoms with Crippen molar-refractivity contribution in [3.8, 4) is 0 Å². The first-order valence-corrected chi connectivity index (χ1v) is 7.44. The Morgan fingerprint density at radius 1 is 1.16 bits per heavy atom. The van der Waals surface area contributed by atoms with Crippen LogP contribution in [0.15, 0.2) is 18.2 Å². The van der Waals surface area contributed by atoms with Crippen molar-refractivity contribution < 1.29 is 4.74 Å². The quantitative estimate of drug-likeness (QED) is 0.788.